The third-order valence-electron chi connectivity index (χ3n) is 3.01. The molecule has 4 N–H and O–H groups in total. The number of oxime groups is 1. The van der Waals surface area contributed by atoms with Gasteiger partial charge in [0.05, 0.1) is 12.1 Å². The van der Waals surface area contributed by atoms with E-state index in [0.29, 0.717) is 24.4 Å². The number of hydrogen-bond donors (Lipinski definition) is 3. The van der Waals surface area contributed by atoms with Gasteiger partial charge in [0.1, 0.15) is 5.75 Å². The highest BCUT2D eigenvalue weighted by Gasteiger charge is 2.21. The SMILES string of the molecule is N/C(=N\O)c1ccccc1OCC(=O)N1CCNC(=O)C1. The van der Waals surface area contributed by atoms with Gasteiger partial charge in [-0.25, -0.2) is 0 Å². The second kappa shape index (κ2) is 6.60. The van der Waals surface area contributed by atoms with Crippen LogP contribution in [-0.2, 0) is 9.59 Å². The molecule has 1 aliphatic heterocycles. The molecule has 0 bridgehead atoms. The van der Waals surface area contributed by atoms with Crippen LogP contribution >= 0.6 is 0 Å². The van der Waals surface area contributed by atoms with Crippen LogP contribution in [0.15, 0.2) is 29.4 Å². The zero-order valence-corrected chi connectivity index (χ0v) is 11.3. The number of nitrogens with one attached hydrogen (secondary N) is 1. The van der Waals surface area contributed by atoms with Gasteiger partial charge in [-0.3, -0.25) is 9.59 Å². The molecule has 0 unspecified atom stereocenters. The van der Waals surface area contributed by atoms with Crippen molar-refractivity contribution in [2.24, 2.45) is 10.9 Å². The first-order valence-corrected chi connectivity index (χ1v) is 6.36. The lowest BCUT2D eigenvalue weighted by Crippen LogP contribution is -2.51. The standard InChI is InChI=1S/C13H16N4O4/c14-13(16-20)9-3-1-2-4-10(9)21-8-12(19)17-6-5-15-11(18)7-17/h1-4,20H,5-8H2,(H2,14,16)(H,15,18). The van der Waals surface area contributed by atoms with E-state index in [1.165, 1.54) is 4.90 Å². The van der Waals surface area contributed by atoms with Crippen molar-refractivity contribution >= 4 is 17.6 Å². The van der Waals surface area contributed by atoms with Gasteiger partial charge in [0.25, 0.3) is 5.91 Å². The number of rotatable bonds is 4. The van der Waals surface area contributed by atoms with Gasteiger partial charge in [-0.05, 0) is 12.1 Å². The number of carbonyl (C=O) groups is 2. The molecule has 8 nitrogen and oxygen atoms in total. The number of benzene rings is 1. The van der Waals surface area contributed by atoms with Crippen LogP contribution in [-0.4, -0.2) is 54.0 Å². The molecule has 2 amide bonds. The fourth-order valence-electron chi connectivity index (χ4n) is 1.94. The van der Waals surface area contributed by atoms with Crippen molar-refractivity contribution in [1.82, 2.24) is 10.2 Å². The molecule has 0 spiro atoms. The largest absolute Gasteiger partial charge is 0.483 e. The van der Waals surface area contributed by atoms with Crippen LogP contribution < -0.4 is 15.8 Å². The summed E-state index contributed by atoms with van der Waals surface area (Å²) < 4.78 is 5.42. The van der Waals surface area contributed by atoms with E-state index in [0.717, 1.165) is 0 Å². The third kappa shape index (κ3) is 3.62. The fourth-order valence-corrected chi connectivity index (χ4v) is 1.94. The number of hydrogen-bond acceptors (Lipinski definition) is 5. The van der Waals surface area contributed by atoms with Crippen LogP contribution in [0.1, 0.15) is 5.56 Å². The Morgan fingerprint density at radius 1 is 1.48 bits per heavy atom. The van der Waals surface area contributed by atoms with Gasteiger partial charge in [-0.15, -0.1) is 0 Å². The van der Waals surface area contributed by atoms with Gasteiger partial charge >= 0.3 is 0 Å². The molecule has 1 aliphatic rings. The highest BCUT2D eigenvalue weighted by atomic mass is 16.5. The van der Waals surface area contributed by atoms with Crippen LogP contribution in [0.5, 0.6) is 5.75 Å². The molecule has 8 heteroatoms. The Morgan fingerprint density at radius 3 is 2.95 bits per heavy atom. The predicted octanol–water partition coefficient (Wildman–Crippen LogP) is -0.882. The van der Waals surface area contributed by atoms with Gasteiger partial charge in [0.15, 0.2) is 12.4 Å². The summed E-state index contributed by atoms with van der Waals surface area (Å²) in [6, 6.07) is 6.64. The zero-order valence-electron chi connectivity index (χ0n) is 11.3. The molecule has 1 aromatic rings. The summed E-state index contributed by atoms with van der Waals surface area (Å²) in [7, 11) is 0. The van der Waals surface area contributed by atoms with E-state index >= 15 is 0 Å². The van der Waals surface area contributed by atoms with Crippen LogP contribution in [0.2, 0.25) is 0 Å². The van der Waals surface area contributed by atoms with Crippen LogP contribution in [0, 0.1) is 0 Å². The number of amidine groups is 1. The molecule has 21 heavy (non-hydrogen) atoms. The molecule has 1 heterocycles. The fraction of sp³-hybridized carbons (Fsp3) is 0.308. The van der Waals surface area contributed by atoms with Gasteiger partial charge < -0.3 is 25.9 Å². The highest BCUT2D eigenvalue weighted by Crippen LogP contribution is 2.17. The maximum Gasteiger partial charge on any atom is 0.261 e. The lowest BCUT2D eigenvalue weighted by atomic mass is 10.2. The first kappa shape index (κ1) is 14.6. The molecule has 2 rings (SSSR count). The minimum atomic E-state index is -0.292. The maximum absolute atomic E-state index is 12.0. The molecular weight excluding hydrogens is 276 g/mol. The number of ether oxygens (including phenoxy) is 1. The summed E-state index contributed by atoms with van der Waals surface area (Å²) >= 11 is 0. The third-order valence-corrected chi connectivity index (χ3v) is 3.01. The van der Waals surface area contributed by atoms with Crippen LogP contribution in [0.4, 0.5) is 0 Å². The summed E-state index contributed by atoms with van der Waals surface area (Å²) in [4.78, 5) is 24.6. The van der Waals surface area contributed by atoms with E-state index in [-0.39, 0.29) is 30.8 Å². The molecule has 112 valence electrons. The number of carbonyl (C=O) groups excluding carboxylic acids is 2. The smallest absolute Gasteiger partial charge is 0.261 e. The number of piperazine rings is 1. The van der Waals surface area contributed by atoms with Gasteiger partial charge in [0, 0.05) is 13.1 Å². The summed E-state index contributed by atoms with van der Waals surface area (Å²) in [5.74, 6) is -0.246. The van der Waals surface area contributed by atoms with Crippen molar-refractivity contribution < 1.29 is 19.5 Å². The van der Waals surface area contributed by atoms with Crippen molar-refractivity contribution in [2.45, 2.75) is 0 Å². The predicted molar refractivity (Wildman–Crippen MR) is 74.0 cm³/mol. The summed E-state index contributed by atoms with van der Waals surface area (Å²) in [6.07, 6.45) is 0. The minimum Gasteiger partial charge on any atom is -0.483 e. The van der Waals surface area contributed by atoms with Gasteiger partial charge in [0.2, 0.25) is 5.91 Å². The Balaban J connectivity index is 2.00. The Morgan fingerprint density at radius 2 is 2.24 bits per heavy atom. The average molecular weight is 292 g/mol. The first-order valence-electron chi connectivity index (χ1n) is 6.36. The highest BCUT2D eigenvalue weighted by molar-refractivity contribution is 5.99. The number of amides is 2. The van der Waals surface area contributed by atoms with Crippen molar-refractivity contribution in [3.05, 3.63) is 29.8 Å². The molecule has 1 fully saturated rings. The maximum atomic E-state index is 12.0. The summed E-state index contributed by atoms with van der Waals surface area (Å²) in [5, 5.41) is 14.3. The Hall–Kier alpha value is -2.77. The number of nitrogens with zero attached hydrogens (tertiary/aromatic N) is 2. The van der Waals surface area contributed by atoms with Crippen molar-refractivity contribution in [3.63, 3.8) is 0 Å². The van der Waals surface area contributed by atoms with Crippen molar-refractivity contribution in [1.29, 1.82) is 0 Å². The summed E-state index contributed by atoms with van der Waals surface area (Å²) in [5.41, 5.74) is 5.93. The zero-order chi connectivity index (χ0) is 15.2. The van der Waals surface area contributed by atoms with Gasteiger partial charge in [-0.1, -0.05) is 17.3 Å². The quantitative estimate of drug-likeness (QED) is 0.288. The van der Waals surface area contributed by atoms with E-state index in [2.05, 4.69) is 10.5 Å². The van der Waals surface area contributed by atoms with E-state index in [9.17, 15) is 9.59 Å². The molecule has 0 saturated carbocycles. The molecule has 0 aliphatic carbocycles. The molecular formula is C13H16N4O4. The lowest BCUT2D eigenvalue weighted by molar-refractivity contribution is -0.139. The normalized spacial score (nSPS) is 15.5. The Bertz CT molecular complexity index is 573. The topological polar surface area (TPSA) is 117 Å². The van der Waals surface area contributed by atoms with Crippen molar-refractivity contribution in [2.75, 3.05) is 26.2 Å². The van der Waals surface area contributed by atoms with Crippen molar-refractivity contribution in [3.8, 4) is 5.75 Å². The second-order valence-electron chi connectivity index (χ2n) is 4.44. The first-order chi connectivity index (χ1) is 10.1. The second-order valence-corrected chi connectivity index (χ2v) is 4.44. The molecule has 1 saturated heterocycles. The van der Waals surface area contributed by atoms with Crippen LogP contribution in [0.25, 0.3) is 0 Å². The van der Waals surface area contributed by atoms with E-state index < -0.39 is 0 Å². The Kier molecular flexibility index (Phi) is 4.60. The van der Waals surface area contributed by atoms with Gasteiger partial charge in [-0.2, -0.15) is 0 Å². The molecule has 0 aromatic heterocycles. The van der Waals surface area contributed by atoms with E-state index in [4.69, 9.17) is 15.7 Å². The monoisotopic (exact) mass is 292 g/mol. The van der Waals surface area contributed by atoms with Crippen LogP contribution in [0.3, 0.4) is 0 Å². The summed E-state index contributed by atoms with van der Waals surface area (Å²) in [6.45, 7) is 0.703. The lowest BCUT2D eigenvalue weighted by Gasteiger charge is -2.26. The average Bonchev–Trinajstić information content (AvgIpc) is 2.52. The molecule has 0 radical (unpaired) electrons. The minimum absolute atomic E-state index is 0.0318. The van der Waals surface area contributed by atoms with E-state index in [1.54, 1.807) is 24.3 Å². The van der Waals surface area contributed by atoms with E-state index in [1.807, 2.05) is 0 Å². The number of para-hydroxylation sites is 1. The number of nitrogens with two attached hydrogens (primary N) is 1. The molecule has 1 aromatic carbocycles. The molecule has 0 atom stereocenters. The Labute approximate surface area is 121 Å².